The van der Waals surface area contributed by atoms with Crippen LogP contribution in [0.25, 0.3) is 0 Å². The topological polar surface area (TPSA) is 53.0 Å². The Morgan fingerprint density at radius 3 is 3.00 bits per heavy atom. The Labute approximate surface area is 144 Å². The van der Waals surface area contributed by atoms with Crippen molar-refractivity contribution in [3.8, 4) is 5.75 Å². The molecule has 0 saturated carbocycles. The number of ether oxygens (including phenoxy) is 1. The summed E-state index contributed by atoms with van der Waals surface area (Å²) >= 11 is 0. The monoisotopic (exact) mass is 332 g/mol. The summed E-state index contributed by atoms with van der Waals surface area (Å²) in [6, 6.07) is 8.62. The zero-order chi connectivity index (χ0) is 16.9. The molecule has 2 saturated heterocycles. The van der Waals surface area contributed by atoms with Crippen LogP contribution in [0.4, 0.5) is 0 Å². The fraction of sp³-hybridized carbons (Fsp3) is 0.632. The quantitative estimate of drug-likeness (QED) is 0.864. The molecule has 2 fully saturated rings. The molecule has 0 unspecified atom stereocenters. The van der Waals surface area contributed by atoms with Gasteiger partial charge in [-0.15, -0.1) is 0 Å². The third kappa shape index (κ3) is 3.90. The van der Waals surface area contributed by atoms with E-state index in [0.717, 1.165) is 38.2 Å². The third-order valence-electron chi connectivity index (χ3n) is 5.33. The van der Waals surface area contributed by atoms with Gasteiger partial charge in [-0.05, 0) is 42.9 Å². The van der Waals surface area contributed by atoms with Crippen molar-refractivity contribution in [3.63, 3.8) is 0 Å². The lowest BCUT2D eigenvalue weighted by atomic mass is 9.83. The van der Waals surface area contributed by atoms with Gasteiger partial charge in [0.05, 0.1) is 7.11 Å². The second kappa shape index (κ2) is 7.99. The molecule has 2 heterocycles. The molecule has 0 aliphatic carbocycles. The molecule has 132 valence electrons. The maximum absolute atomic E-state index is 12.2. The van der Waals surface area contributed by atoms with Gasteiger partial charge in [0.15, 0.2) is 0 Å². The first kappa shape index (κ1) is 17.2. The number of hydrogen-bond donors (Lipinski definition) is 1. The van der Waals surface area contributed by atoms with Crippen molar-refractivity contribution in [1.29, 1.82) is 0 Å². The molecule has 1 aromatic carbocycles. The summed E-state index contributed by atoms with van der Waals surface area (Å²) < 4.78 is 5.31. The highest BCUT2D eigenvalue weighted by Gasteiger charge is 2.38. The summed E-state index contributed by atoms with van der Waals surface area (Å²) in [7, 11) is 1.70. The molecule has 0 aromatic heterocycles. The molecular formula is C19H28N2O3. The van der Waals surface area contributed by atoms with E-state index in [9.17, 15) is 4.79 Å². The molecule has 1 N–H and O–H groups in total. The average molecular weight is 332 g/mol. The lowest BCUT2D eigenvalue weighted by Crippen LogP contribution is -2.56. The van der Waals surface area contributed by atoms with E-state index in [-0.39, 0.29) is 12.5 Å². The van der Waals surface area contributed by atoms with Crippen LogP contribution in [0.5, 0.6) is 5.75 Å². The van der Waals surface area contributed by atoms with Gasteiger partial charge in [-0.25, -0.2) is 0 Å². The Morgan fingerprint density at radius 2 is 2.21 bits per heavy atom. The number of fused-ring (bicyclic) bond motifs is 1. The predicted octanol–water partition coefficient (Wildman–Crippen LogP) is 1.89. The van der Waals surface area contributed by atoms with Crippen molar-refractivity contribution in [1.82, 2.24) is 9.80 Å². The number of aliphatic hydroxyl groups excluding tert-OH is 1. The molecule has 1 aromatic rings. The van der Waals surface area contributed by atoms with Crippen molar-refractivity contribution in [3.05, 3.63) is 29.8 Å². The van der Waals surface area contributed by atoms with Crippen LogP contribution in [0.1, 0.15) is 31.2 Å². The zero-order valence-electron chi connectivity index (χ0n) is 14.5. The van der Waals surface area contributed by atoms with Crippen LogP contribution in [0.3, 0.4) is 0 Å². The van der Waals surface area contributed by atoms with E-state index in [0.29, 0.717) is 31.3 Å². The van der Waals surface area contributed by atoms with E-state index in [1.807, 2.05) is 17.0 Å². The fourth-order valence-corrected chi connectivity index (χ4v) is 4.13. The van der Waals surface area contributed by atoms with Gasteiger partial charge in [0.2, 0.25) is 5.91 Å². The maximum atomic E-state index is 12.2. The summed E-state index contributed by atoms with van der Waals surface area (Å²) in [5.41, 5.74) is 1.27. The van der Waals surface area contributed by atoms with Gasteiger partial charge in [0.1, 0.15) is 5.75 Å². The number of nitrogens with zero attached hydrogens (tertiary/aromatic N) is 2. The van der Waals surface area contributed by atoms with Crippen LogP contribution in [0.2, 0.25) is 0 Å². The van der Waals surface area contributed by atoms with Crippen molar-refractivity contribution in [2.45, 2.75) is 38.3 Å². The summed E-state index contributed by atoms with van der Waals surface area (Å²) in [6.45, 7) is 3.85. The molecule has 5 nitrogen and oxygen atoms in total. The minimum Gasteiger partial charge on any atom is -0.497 e. The Balaban J connectivity index is 1.61. The first-order valence-corrected chi connectivity index (χ1v) is 8.97. The first-order chi connectivity index (χ1) is 11.7. The minimum absolute atomic E-state index is 0.156. The Morgan fingerprint density at radius 1 is 1.33 bits per heavy atom. The Bertz CT molecular complexity index is 563. The number of methoxy groups -OCH3 is 1. The highest BCUT2D eigenvalue weighted by atomic mass is 16.5. The number of rotatable bonds is 6. The Kier molecular flexibility index (Phi) is 5.74. The van der Waals surface area contributed by atoms with Gasteiger partial charge in [0.25, 0.3) is 0 Å². The van der Waals surface area contributed by atoms with Gasteiger partial charge in [-0.1, -0.05) is 12.1 Å². The van der Waals surface area contributed by atoms with E-state index < -0.39 is 0 Å². The van der Waals surface area contributed by atoms with Crippen molar-refractivity contribution in [2.24, 2.45) is 5.92 Å². The summed E-state index contributed by atoms with van der Waals surface area (Å²) in [5.74, 6) is 1.73. The number of carbonyl (C=O) groups is 1. The molecule has 2 atom stereocenters. The molecule has 2 aliphatic rings. The first-order valence-electron chi connectivity index (χ1n) is 8.97. The summed E-state index contributed by atoms with van der Waals surface area (Å²) in [6.07, 6.45) is 3.36. The standard InChI is InChI=1S/C19H28N2O3/c1-24-17-5-2-4-15(12-17)13-20-10-8-18-16(14-20)6-7-19(23)21(18)9-3-11-22/h2,4-5,12,16,18,22H,3,6-11,13-14H2,1H3/t16-,18+/m0/s1. The zero-order valence-corrected chi connectivity index (χ0v) is 14.5. The highest BCUT2D eigenvalue weighted by molar-refractivity contribution is 5.77. The normalized spacial score (nSPS) is 24.8. The number of aliphatic hydroxyl groups is 1. The van der Waals surface area contributed by atoms with Crippen molar-refractivity contribution < 1.29 is 14.6 Å². The highest BCUT2D eigenvalue weighted by Crippen LogP contribution is 2.32. The number of likely N-dealkylation sites (tertiary alicyclic amines) is 2. The number of carbonyl (C=O) groups excluding carboxylic acids is 1. The van der Waals surface area contributed by atoms with Gasteiger partial charge in [-0.2, -0.15) is 0 Å². The van der Waals surface area contributed by atoms with Crippen molar-refractivity contribution in [2.75, 3.05) is 33.4 Å². The van der Waals surface area contributed by atoms with Gasteiger partial charge >= 0.3 is 0 Å². The second-order valence-electron chi connectivity index (χ2n) is 6.91. The molecule has 5 heteroatoms. The SMILES string of the molecule is COc1cccc(CN2CC[C@@H]3[C@@H](CCC(=O)N3CCCO)C2)c1. The van der Waals surface area contributed by atoms with Crippen LogP contribution in [-0.4, -0.2) is 60.2 Å². The maximum Gasteiger partial charge on any atom is 0.222 e. The lowest BCUT2D eigenvalue weighted by molar-refractivity contribution is -0.141. The van der Waals surface area contributed by atoms with E-state index in [2.05, 4.69) is 17.0 Å². The predicted molar refractivity (Wildman–Crippen MR) is 92.8 cm³/mol. The average Bonchev–Trinajstić information content (AvgIpc) is 2.61. The van der Waals surface area contributed by atoms with Crippen LogP contribution < -0.4 is 4.74 Å². The molecular weight excluding hydrogens is 304 g/mol. The van der Waals surface area contributed by atoms with Crippen LogP contribution in [0, 0.1) is 5.92 Å². The van der Waals surface area contributed by atoms with Gasteiger partial charge < -0.3 is 14.7 Å². The molecule has 3 rings (SSSR count). The second-order valence-corrected chi connectivity index (χ2v) is 6.91. The van der Waals surface area contributed by atoms with E-state index in [1.54, 1.807) is 7.11 Å². The largest absolute Gasteiger partial charge is 0.497 e. The van der Waals surface area contributed by atoms with E-state index >= 15 is 0 Å². The molecule has 2 aliphatic heterocycles. The van der Waals surface area contributed by atoms with Crippen LogP contribution in [0.15, 0.2) is 24.3 Å². The molecule has 0 spiro atoms. The molecule has 1 amide bonds. The van der Waals surface area contributed by atoms with E-state index in [1.165, 1.54) is 5.56 Å². The van der Waals surface area contributed by atoms with Gasteiger partial charge in [-0.3, -0.25) is 9.69 Å². The number of hydrogen-bond acceptors (Lipinski definition) is 4. The molecule has 24 heavy (non-hydrogen) atoms. The fourth-order valence-electron chi connectivity index (χ4n) is 4.13. The lowest BCUT2D eigenvalue weighted by Gasteiger charge is -2.47. The van der Waals surface area contributed by atoms with Gasteiger partial charge in [0, 0.05) is 45.2 Å². The van der Waals surface area contributed by atoms with Crippen molar-refractivity contribution >= 4 is 5.91 Å². The number of piperidine rings is 2. The summed E-state index contributed by atoms with van der Waals surface area (Å²) in [4.78, 5) is 16.7. The van der Waals surface area contributed by atoms with Crippen LogP contribution in [-0.2, 0) is 11.3 Å². The Hall–Kier alpha value is -1.59. The number of amides is 1. The third-order valence-corrected chi connectivity index (χ3v) is 5.33. The number of benzene rings is 1. The van der Waals surface area contributed by atoms with Crippen LogP contribution >= 0.6 is 0 Å². The van der Waals surface area contributed by atoms with E-state index in [4.69, 9.17) is 9.84 Å². The summed E-state index contributed by atoms with van der Waals surface area (Å²) in [5, 5.41) is 9.07. The molecule has 0 radical (unpaired) electrons. The smallest absolute Gasteiger partial charge is 0.222 e. The molecule has 0 bridgehead atoms. The minimum atomic E-state index is 0.156.